The van der Waals surface area contributed by atoms with Crippen LogP contribution in [0.5, 0.6) is 0 Å². The lowest BCUT2D eigenvalue weighted by Gasteiger charge is -2.15. The molecule has 0 aliphatic rings. The Kier molecular flexibility index (Phi) is 3.99. The summed E-state index contributed by atoms with van der Waals surface area (Å²) in [5, 5.41) is 8.84. The van der Waals surface area contributed by atoms with Crippen molar-refractivity contribution in [3.8, 4) is 0 Å². The van der Waals surface area contributed by atoms with Crippen LogP contribution >= 0.6 is 0 Å². The molecular weight excluding hydrogens is 247 g/mol. The molecule has 3 nitrogen and oxygen atoms in total. The first-order chi connectivity index (χ1) is 7.81. The number of aliphatic hydroxyl groups excluding tert-OH is 1. The van der Waals surface area contributed by atoms with Crippen molar-refractivity contribution in [3.05, 3.63) is 28.6 Å². The summed E-state index contributed by atoms with van der Waals surface area (Å²) in [4.78, 5) is 2.83. The molecule has 8 heteroatoms. The number of hydrogen-bond acceptors (Lipinski definition) is 3. The molecule has 0 spiro atoms. The molecule has 0 fully saturated rings. The lowest BCUT2D eigenvalue weighted by molar-refractivity contribution is -0.142. The molecule has 1 rings (SSSR count). The predicted octanol–water partition coefficient (Wildman–Crippen LogP) is 1.99. The van der Waals surface area contributed by atoms with E-state index in [9.17, 15) is 22.0 Å². The van der Waals surface area contributed by atoms with E-state index in [1.54, 1.807) is 0 Å². The maximum absolute atomic E-state index is 12.5. The Morgan fingerprint density at radius 1 is 1.35 bits per heavy atom. The number of alkyl halides is 5. The zero-order valence-corrected chi connectivity index (χ0v) is 8.43. The van der Waals surface area contributed by atoms with Gasteiger partial charge < -0.3 is 10.8 Å². The highest BCUT2D eigenvalue weighted by atomic mass is 19.4. The van der Waals surface area contributed by atoms with Crippen LogP contribution in [0.1, 0.15) is 28.9 Å². The Bertz CT molecular complexity index is 405. The summed E-state index contributed by atoms with van der Waals surface area (Å²) in [6.07, 6.45) is -8.04. The van der Waals surface area contributed by atoms with Gasteiger partial charge in [-0.1, -0.05) is 0 Å². The Balaban J connectivity index is 3.48. The van der Waals surface area contributed by atoms with Gasteiger partial charge in [-0.05, 0) is 11.6 Å². The molecule has 0 bridgehead atoms. The van der Waals surface area contributed by atoms with Crippen LogP contribution in [0.2, 0.25) is 0 Å². The molecule has 1 heterocycles. The van der Waals surface area contributed by atoms with Crippen LogP contribution < -0.4 is 5.73 Å². The van der Waals surface area contributed by atoms with E-state index >= 15 is 0 Å². The number of pyridine rings is 1. The Morgan fingerprint density at radius 3 is 2.29 bits per heavy atom. The molecule has 0 atom stereocenters. The lowest BCUT2D eigenvalue weighted by atomic mass is 10.0. The second-order valence-corrected chi connectivity index (χ2v) is 3.19. The van der Waals surface area contributed by atoms with E-state index < -0.39 is 36.2 Å². The molecule has 17 heavy (non-hydrogen) atoms. The summed E-state index contributed by atoms with van der Waals surface area (Å²) in [6.45, 7) is -1.35. The maximum atomic E-state index is 12.5. The first-order valence-electron chi connectivity index (χ1n) is 4.50. The fourth-order valence-electron chi connectivity index (χ4n) is 1.35. The highest BCUT2D eigenvalue weighted by molar-refractivity contribution is 5.34. The van der Waals surface area contributed by atoms with Crippen molar-refractivity contribution in [3.63, 3.8) is 0 Å². The van der Waals surface area contributed by atoms with Gasteiger partial charge in [-0.3, -0.25) is 0 Å². The highest BCUT2D eigenvalue weighted by Crippen LogP contribution is 2.34. The third-order valence-electron chi connectivity index (χ3n) is 2.11. The minimum absolute atomic E-state index is 0.190. The van der Waals surface area contributed by atoms with E-state index in [1.165, 1.54) is 0 Å². The Morgan fingerprint density at radius 2 is 1.94 bits per heavy atom. The van der Waals surface area contributed by atoms with Crippen molar-refractivity contribution in [2.24, 2.45) is 5.73 Å². The summed E-state index contributed by atoms with van der Waals surface area (Å²) in [5.41, 5.74) is 1.88. The first-order valence-corrected chi connectivity index (χ1v) is 4.50. The van der Waals surface area contributed by atoms with Gasteiger partial charge in [0.15, 0.2) is 5.69 Å². The number of nitrogens with two attached hydrogens (primary N) is 1. The first kappa shape index (κ1) is 13.8. The van der Waals surface area contributed by atoms with Crippen LogP contribution in [0, 0.1) is 0 Å². The summed E-state index contributed by atoms with van der Waals surface area (Å²) >= 11 is 0. The standard InChI is InChI=1S/C9H9F5N2O/c10-8(11)6-1-4(2-15)5(3-17)7(16-6)9(12,13)14/h1,8,17H,2-3,15H2. The van der Waals surface area contributed by atoms with Crippen LogP contribution in [0.4, 0.5) is 22.0 Å². The summed E-state index contributed by atoms with van der Waals surface area (Å²) in [7, 11) is 0. The van der Waals surface area contributed by atoms with Gasteiger partial charge in [0.05, 0.1) is 6.61 Å². The quantitative estimate of drug-likeness (QED) is 0.813. The number of rotatable bonds is 3. The van der Waals surface area contributed by atoms with Gasteiger partial charge in [-0.15, -0.1) is 0 Å². The number of hydrogen-bond donors (Lipinski definition) is 2. The van der Waals surface area contributed by atoms with Crippen LogP contribution in [-0.4, -0.2) is 10.1 Å². The molecular formula is C9H9F5N2O. The van der Waals surface area contributed by atoms with Crippen LogP contribution in [0.15, 0.2) is 6.07 Å². The Labute approximate surface area is 93.1 Å². The summed E-state index contributed by atoms with van der Waals surface area (Å²) in [5.74, 6) is 0. The lowest BCUT2D eigenvalue weighted by Crippen LogP contribution is -2.17. The van der Waals surface area contributed by atoms with Gasteiger partial charge in [0, 0.05) is 12.1 Å². The van der Waals surface area contributed by atoms with Gasteiger partial charge in [0.2, 0.25) is 0 Å². The third-order valence-corrected chi connectivity index (χ3v) is 2.11. The van der Waals surface area contributed by atoms with Crippen molar-refractivity contribution in [2.75, 3.05) is 0 Å². The molecule has 1 aromatic rings. The predicted molar refractivity (Wildman–Crippen MR) is 48.0 cm³/mol. The summed E-state index contributed by atoms with van der Waals surface area (Å²) in [6, 6.07) is 0.769. The highest BCUT2D eigenvalue weighted by Gasteiger charge is 2.37. The molecule has 0 unspecified atom stereocenters. The minimum atomic E-state index is -4.91. The van der Waals surface area contributed by atoms with E-state index in [1.807, 2.05) is 0 Å². The van der Waals surface area contributed by atoms with Gasteiger partial charge in [0.1, 0.15) is 5.69 Å². The molecule has 3 N–H and O–H groups in total. The largest absolute Gasteiger partial charge is 0.433 e. The maximum Gasteiger partial charge on any atom is 0.433 e. The van der Waals surface area contributed by atoms with E-state index in [-0.39, 0.29) is 12.1 Å². The molecule has 1 aromatic heterocycles. The molecule has 0 amide bonds. The van der Waals surface area contributed by atoms with E-state index in [0.717, 1.165) is 6.07 Å². The number of nitrogens with zero attached hydrogens (tertiary/aromatic N) is 1. The van der Waals surface area contributed by atoms with Gasteiger partial charge in [0.25, 0.3) is 6.43 Å². The molecule has 0 saturated carbocycles. The van der Waals surface area contributed by atoms with Crippen molar-refractivity contribution >= 4 is 0 Å². The number of aromatic nitrogens is 1. The molecule has 0 radical (unpaired) electrons. The average Bonchev–Trinajstić information content (AvgIpc) is 2.25. The number of halogens is 5. The molecule has 0 saturated heterocycles. The zero-order valence-electron chi connectivity index (χ0n) is 8.43. The zero-order chi connectivity index (χ0) is 13.2. The second-order valence-electron chi connectivity index (χ2n) is 3.19. The van der Waals surface area contributed by atoms with Crippen LogP contribution in [0.3, 0.4) is 0 Å². The van der Waals surface area contributed by atoms with Crippen molar-refractivity contribution in [1.29, 1.82) is 0 Å². The van der Waals surface area contributed by atoms with Gasteiger partial charge >= 0.3 is 6.18 Å². The minimum Gasteiger partial charge on any atom is -0.392 e. The van der Waals surface area contributed by atoms with E-state index in [4.69, 9.17) is 10.8 Å². The number of aliphatic hydroxyl groups is 1. The van der Waals surface area contributed by atoms with Crippen molar-refractivity contribution in [2.45, 2.75) is 25.8 Å². The van der Waals surface area contributed by atoms with Crippen molar-refractivity contribution in [1.82, 2.24) is 4.98 Å². The fraction of sp³-hybridized carbons (Fsp3) is 0.444. The SMILES string of the molecule is NCc1cc(C(F)F)nc(C(F)(F)F)c1CO. The van der Waals surface area contributed by atoms with Crippen LogP contribution in [0.25, 0.3) is 0 Å². The second kappa shape index (κ2) is 4.92. The average molecular weight is 256 g/mol. The monoisotopic (exact) mass is 256 g/mol. The third kappa shape index (κ3) is 2.89. The van der Waals surface area contributed by atoms with Crippen molar-refractivity contribution < 1.29 is 27.1 Å². The fourth-order valence-corrected chi connectivity index (χ4v) is 1.35. The molecule has 0 aliphatic heterocycles. The molecule has 96 valence electrons. The van der Waals surface area contributed by atoms with Gasteiger partial charge in [-0.25, -0.2) is 13.8 Å². The topological polar surface area (TPSA) is 59.1 Å². The van der Waals surface area contributed by atoms with Gasteiger partial charge in [-0.2, -0.15) is 13.2 Å². The van der Waals surface area contributed by atoms with E-state index in [0.29, 0.717) is 0 Å². The normalized spacial score (nSPS) is 12.2. The summed E-state index contributed by atoms with van der Waals surface area (Å²) < 4.78 is 62.3. The van der Waals surface area contributed by atoms with Crippen LogP contribution in [-0.2, 0) is 19.3 Å². The van der Waals surface area contributed by atoms with E-state index in [2.05, 4.69) is 4.98 Å². The smallest absolute Gasteiger partial charge is 0.392 e. The molecule has 0 aromatic carbocycles. The Hall–Kier alpha value is -1.28. The molecule has 0 aliphatic carbocycles.